The average molecular weight is 465 g/mol. The number of nitrogens with one attached hydrogen (secondary N) is 1. The van der Waals surface area contributed by atoms with Gasteiger partial charge in [0, 0.05) is 24.4 Å². The molecule has 3 aromatic heterocycles. The van der Waals surface area contributed by atoms with Crippen molar-refractivity contribution in [2.75, 3.05) is 5.32 Å². The molecule has 0 aliphatic carbocycles. The van der Waals surface area contributed by atoms with Crippen LogP contribution in [0.2, 0.25) is 10.0 Å². The van der Waals surface area contributed by atoms with E-state index < -0.39 is 12.3 Å². The number of fused-ring (bicyclic) bond motifs is 1. The summed E-state index contributed by atoms with van der Waals surface area (Å²) in [6.07, 6.45) is 0.465. The van der Waals surface area contributed by atoms with Crippen LogP contribution < -0.4 is 5.32 Å². The highest BCUT2D eigenvalue weighted by Gasteiger charge is 2.22. The number of carbonyl (C=O) groups excluding carboxylic acids is 1. The van der Waals surface area contributed by atoms with Crippen LogP contribution in [-0.2, 0) is 18.4 Å². The fourth-order valence-corrected chi connectivity index (χ4v) is 3.64. The zero-order chi connectivity index (χ0) is 22.3. The molecule has 0 atom stereocenters. The largest absolute Gasteiger partial charge is 0.323 e. The number of aromatic nitrogens is 5. The molecule has 0 aliphatic heterocycles. The maximum atomic E-state index is 13.8. The normalized spacial score (nSPS) is 11.5. The van der Waals surface area contributed by atoms with Gasteiger partial charge in [-0.25, -0.2) is 18.4 Å². The van der Waals surface area contributed by atoms with Crippen LogP contribution in [0.3, 0.4) is 0 Å². The predicted octanol–water partition coefficient (Wildman–Crippen LogP) is 5.02. The van der Waals surface area contributed by atoms with Crippen LogP contribution in [0.15, 0.2) is 36.7 Å². The van der Waals surface area contributed by atoms with E-state index in [0.29, 0.717) is 27.7 Å². The van der Waals surface area contributed by atoms with E-state index in [0.717, 1.165) is 0 Å². The fraction of sp³-hybridized carbons (Fsp3) is 0.200. The van der Waals surface area contributed by atoms with Gasteiger partial charge in [0.2, 0.25) is 5.91 Å². The van der Waals surface area contributed by atoms with Crippen molar-refractivity contribution < 1.29 is 13.6 Å². The molecule has 1 N–H and O–H groups in total. The van der Waals surface area contributed by atoms with E-state index in [2.05, 4.69) is 20.5 Å². The Bertz CT molecular complexity index is 1300. The van der Waals surface area contributed by atoms with Gasteiger partial charge in [0.15, 0.2) is 5.65 Å². The molecular weight excluding hydrogens is 449 g/mol. The van der Waals surface area contributed by atoms with E-state index >= 15 is 0 Å². The highest BCUT2D eigenvalue weighted by molar-refractivity contribution is 6.43. The third-order valence-electron chi connectivity index (χ3n) is 4.66. The Labute approximate surface area is 185 Å². The van der Waals surface area contributed by atoms with Gasteiger partial charge in [0.1, 0.15) is 6.54 Å². The first-order valence-electron chi connectivity index (χ1n) is 9.13. The first kappa shape index (κ1) is 21.2. The van der Waals surface area contributed by atoms with Gasteiger partial charge in [0.25, 0.3) is 6.43 Å². The quantitative estimate of drug-likeness (QED) is 0.449. The number of nitrogens with zero attached hydrogens (tertiary/aromatic N) is 5. The highest BCUT2D eigenvalue weighted by atomic mass is 35.5. The molecule has 0 saturated heterocycles. The van der Waals surface area contributed by atoms with Crippen LogP contribution in [0.1, 0.15) is 17.7 Å². The number of carbonyl (C=O) groups is 1. The summed E-state index contributed by atoms with van der Waals surface area (Å²) in [5, 5.41) is 11.7. The zero-order valence-electron chi connectivity index (χ0n) is 16.4. The average Bonchev–Trinajstić information content (AvgIpc) is 3.28. The van der Waals surface area contributed by atoms with Crippen molar-refractivity contribution in [1.29, 1.82) is 0 Å². The molecule has 0 bridgehead atoms. The molecule has 1 amide bonds. The SMILES string of the molecule is Cc1nn(CC(=O)Nc2cccc(Cl)c2Cl)c2nc(-c3cnn(C)c3)cc(C(F)F)c12. The monoisotopic (exact) mass is 464 g/mol. The molecule has 7 nitrogen and oxygen atoms in total. The van der Waals surface area contributed by atoms with Crippen molar-refractivity contribution in [2.45, 2.75) is 19.9 Å². The zero-order valence-corrected chi connectivity index (χ0v) is 17.9. The summed E-state index contributed by atoms with van der Waals surface area (Å²) in [6.45, 7) is 1.35. The molecule has 0 fully saturated rings. The summed E-state index contributed by atoms with van der Waals surface area (Å²) in [7, 11) is 1.72. The third kappa shape index (κ3) is 4.11. The van der Waals surface area contributed by atoms with Crippen molar-refractivity contribution in [2.24, 2.45) is 7.05 Å². The lowest BCUT2D eigenvalue weighted by Gasteiger charge is -2.10. The first-order valence-corrected chi connectivity index (χ1v) is 9.89. The summed E-state index contributed by atoms with van der Waals surface area (Å²) in [4.78, 5) is 17.1. The van der Waals surface area contributed by atoms with Crippen LogP contribution in [0.5, 0.6) is 0 Å². The van der Waals surface area contributed by atoms with Crippen molar-refractivity contribution in [3.63, 3.8) is 0 Å². The number of hydrogen-bond donors (Lipinski definition) is 1. The second-order valence-electron chi connectivity index (χ2n) is 6.89. The number of pyridine rings is 1. The standard InChI is InChI=1S/C20H16Cl2F2N6O/c1-10-17-12(19(23)24)6-15(11-7-25-29(2)8-11)27-20(17)30(28-10)9-16(31)26-14-5-3-4-13(21)18(14)22/h3-8,19H,9H2,1-2H3,(H,26,31). The number of rotatable bonds is 5. The van der Waals surface area contributed by atoms with Crippen molar-refractivity contribution in [3.05, 3.63) is 58.0 Å². The molecule has 31 heavy (non-hydrogen) atoms. The Kier molecular flexibility index (Phi) is 5.63. The van der Waals surface area contributed by atoms with E-state index in [1.165, 1.54) is 16.9 Å². The number of aryl methyl sites for hydroxylation is 2. The molecule has 4 aromatic rings. The van der Waals surface area contributed by atoms with Crippen LogP contribution >= 0.6 is 23.2 Å². The van der Waals surface area contributed by atoms with E-state index in [9.17, 15) is 13.6 Å². The smallest absolute Gasteiger partial charge is 0.264 e. The van der Waals surface area contributed by atoms with Gasteiger partial charge in [-0.05, 0) is 25.1 Å². The number of anilines is 1. The van der Waals surface area contributed by atoms with Crippen molar-refractivity contribution in [3.8, 4) is 11.3 Å². The Morgan fingerprint density at radius 1 is 1.29 bits per heavy atom. The molecule has 4 rings (SSSR count). The number of benzene rings is 1. The summed E-state index contributed by atoms with van der Waals surface area (Å²) in [5.74, 6) is -0.458. The molecule has 0 unspecified atom stereocenters. The fourth-order valence-electron chi connectivity index (χ4n) is 3.30. The van der Waals surface area contributed by atoms with Crippen LogP contribution in [0.4, 0.5) is 14.5 Å². The van der Waals surface area contributed by atoms with E-state index in [4.69, 9.17) is 23.2 Å². The molecule has 160 valence electrons. The van der Waals surface area contributed by atoms with E-state index in [1.54, 1.807) is 43.0 Å². The van der Waals surface area contributed by atoms with Gasteiger partial charge in [-0.3, -0.25) is 9.48 Å². The second-order valence-corrected chi connectivity index (χ2v) is 7.68. The van der Waals surface area contributed by atoms with Gasteiger partial charge in [-0.2, -0.15) is 10.2 Å². The van der Waals surface area contributed by atoms with Crippen LogP contribution in [0, 0.1) is 6.92 Å². The third-order valence-corrected chi connectivity index (χ3v) is 5.48. The van der Waals surface area contributed by atoms with E-state index in [1.807, 2.05) is 0 Å². The maximum Gasteiger partial charge on any atom is 0.264 e. The molecule has 3 heterocycles. The Morgan fingerprint density at radius 2 is 2.06 bits per heavy atom. The maximum absolute atomic E-state index is 13.8. The lowest BCUT2D eigenvalue weighted by atomic mass is 10.1. The minimum atomic E-state index is -2.74. The Hall–Kier alpha value is -3.04. The molecular formula is C20H16Cl2F2N6O. The minimum Gasteiger partial charge on any atom is -0.323 e. The molecule has 0 aliphatic rings. The summed E-state index contributed by atoms with van der Waals surface area (Å²) < 4.78 is 30.5. The molecule has 0 radical (unpaired) electrons. The minimum absolute atomic E-state index is 0.182. The first-order chi connectivity index (χ1) is 14.7. The van der Waals surface area contributed by atoms with Crippen molar-refractivity contribution in [1.82, 2.24) is 24.5 Å². The topological polar surface area (TPSA) is 77.6 Å². The number of alkyl halides is 2. The van der Waals surface area contributed by atoms with Gasteiger partial charge in [-0.15, -0.1) is 0 Å². The van der Waals surface area contributed by atoms with Gasteiger partial charge in [-0.1, -0.05) is 29.3 Å². The highest BCUT2D eigenvalue weighted by Crippen LogP contribution is 2.33. The van der Waals surface area contributed by atoms with E-state index in [-0.39, 0.29) is 28.2 Å². The summed E-state index contributed by atoms with van der Waals surface area (Å²) in [5.41, 5.74) is 1.56. The molecule has 11 heteroatoms. The summed E-state index contributed by atoms with van der Waals surface area (Å²) in [6, 6.07) is 6.18. The number of amides is 1. The Balaban J connectivity index is 1.75. The molecule has 0 saturated carbocycles. The Morgan fingerprint density at radius 3 is 2.74 bits per heavy atom. The van der Waals surface area contributed by atoms with Crippen LogP contribution in [-0.4, -0.2) is 30.5 Å². The van der Waals surface area contributed by atoms with Gasteiger partial charge in [0.05, 0.1) is 38.7 Å². The number of halogens is 4. The molecule has 1 aromatic carbocycles. The van der Waals surface area contributed by atoms with Gasteiger partial charge >= 0.3 is 0 Å². The van der Waals surface area contributed by atoms with Crippen molar-refractivity contribution >= 4 is 45.8 Å². The summed E-state index contributed by atoms with van der Waals surface area (Å²) >= 11 is 12.1. The number of hydrogen-bond acceptors (Lipinski definition) is 4. The second kappa shape index (κ2) is 8.24. The lowest BCUT2D eigenvalue weighted by molar-refractivity contribution is -0.116. The molecule has 0 spiro atoms. The van der Waals surface area contributed by atoms with Gasteiger partial charge < -0.3 is 5.32 Å². The predicted molar refractivity (Wildman–Crippen MR) is 115 cm³/mol. The lowest BCUT2D eigenvalue weighted by Crippen LogP contribution is -2.20. The van der Waals surface area contributed by atoms with Crippen LogP contribution in [0.25, 0.3) is 22.3 Å².